The first-order valence-corrected chi connectivity index (χ1v) is 4.50. The maximum atomic E-state index is 8.38. The van der Waals surface area contributed by atoms with Gasteiger partial charge in [-0.2, -0.15) is 0 Å². The summed E-state index contributed by atoms with van der Waals surface area (Å²) in [5, 5.41) is 3.71. The minimum Gasteiger partial charge on any atom is -0.497 e. The van der Waals surface area contributed by atoms with Gasteiger partial charge in [0.25, 0.3) is 0 Å². The highest BCUT2D eigenvalue weighted by atomic mass is 16.5. The van der Waals surface area contributed by atoms with Crippen LogP contribution in [0.15, 0.2) is 29.4 Å². The molecule has 1 aromatic carbocycles. The summed E-state index contributed by atoms with van der Waals surface area (Å²) in [5.41, 5.74) is 9.37. The summed E-state index contributed by atoms with van der Waals surface area (Å²) in [6.45, 7) is 1.98. The zero-order chi connectivity index (χ0) is 10.4. The van der Waals surface area contributed by atoms with Gasteiger partial charge in [0.05, 0.1) is 13.2 Å². The average Bonchev–Trinajstić information content (AvgIpc) is 2.26. The molecule has 0 aliphatic rings. The number of rotatable bonds is 4. The number of benzene rings is 1. The maximum Gasteiger partial charge on any atom is 0.119 e. The van der Waals surface area contributed by atoms with Gasteiger partial charge >= 0.3 is 0 Å². The van der Waals surface area contributed by atoms with E-state index in [1.165, 1.54) is 0 Å². The van der Waals surface area contributed by atoms with Gasteiger partial charge in [0.2, 0.25) is 0 Å². The van der Waals surface area contributed by atoms with Crippen LogP contribution in [0.2, 0.25) is 0 Å². The van der Waals surface area contributed by atoms with Crippen LogP contribution >= 0.6 is 0 Å². The minimum absolute atomic E-state index is 0.102. The minimum atomic E-state index is -0.102. The molecule has 0 fully saturated rings. The van der Waals surface area contributed by atoms with Crippen LogP contribution in [0, 0.1) is 0 Å². The zero-order valence-electron chi connectivity index (χ0n) is 8.34. The fourth-order valence-electron chi connectivity index (χ4n) is 1.30. The van der Waals surface area contributed by atoms with Crippen molar-refractivity contribution in [2.24, 2.45) is 5.11 Å². The van der Waals surface area contributed by atoms with Crippen LogP contribution in [0.25, 0.3) is 10.4 Å². The Morgan fingerprint density at radius 2 is 2.36 bits per heavy atom. The predicted octanol–water partition coefficient (Wildman–Crippen LogP) is 3.46. The quantitative estimate of drug-likeness (QED) is 0.408. The molecule has 0 aliphatic carbocycles. The first-order valence-electron chi connectivity index (χ1n) is 4.50. The monoisotopic (exact) mass is 191 g/mol. The molecule has 0 amide bonds. The van der Waals surface area contributed by atoms with Crippen molar-refractivity contribution >= 4 is 0 Å². The first kappa shape index (κ1) is 10.4. The zero-order valence-corrected chi connectivity index (χ0v) is 8.34. The predicted molar refractivity (Wildman–Crippen MR) is 55.2 cm³/mol. The van der Waals surface area contributed by atoms with Crippen LogP contribution in [0.1, 0.15) is 24.9 Å². The molecule has 0 unspecified atom stereocenters. The first-order chi connectivity index (χ1) is 6.81. The summed E-state index contributed by atoms with van der Waals surface area (Å²) in [4.78, 5) is 2.82. The van der Waals surface area contributed by atoms with Gasteiger partial charge in [0.1, 0.15) is 5.75 Å². The van der Waals surface area contributed by atoms with E-state index in [4.69, 9.17) is 10.3 Å². The molecule has 0 spiro atoms. The Labute approximate surface area is 83.1 Å². The Bertz CT molecular complexity index is 345. The molecule has 0 saturated carbocycles. The van der Waals surface area contributed by atoms with E-state index < -0.39 is 0 Å². The van der Waals surface area contributed by atoms with E-state index in [1.54, 1.807) is 7.11 Å². The van der Waals surface area contributed by atoms with Gasteiger partial charge in [-0.05, 0) is 29.6 Å². The van der Waals surface area contributed by atoms with E-state index in [1.807, 2.05) is 31.2 Å². The SMILES string of the molecule is CC[C@@H](N=[N+]=[N-])c1cccc(OC)c1. The fraction of sp³-hybridized carbons (Fsp3) is 0.400. The molecule has 1 rings (SSSR count). The van der Waals surface area contributed by atoms with Crippen LogP contribution < -0.4 is 4.74 Å². The summed E-state index contributed by atoms with van der Waals surface area (Å²) < 4.78 is 5.09. The summed E-state index contributed by atoms with van der Waals surface area (Å²) >= 11 is 0. The Morgan fingerprint density at radius 1 is 1.57 bits per heavy atom. The molecule has 1 aromatic rings. The van der Waals surface area contributed by atoms with Crippen LogP contribution in [-0.2, 0) is 0 Å². The number of methoxy groups -OCH3 is 1. The average molecular weight is 191 g/mol. The summed E-state index contributed by atoms with van der Waals surface area (Å²) in [7, 11) is 1.62. The maximum absolute atomic E-state index is 8.38. The molecule has 0 aliphatic heterocycles. The molecular formula is C10H13N3O. The molecular weight excluding hydrogens is 178 g/mol. The van der Waals surface area contributed by atoms with Gasteiger partial charge in [-0.1, -0.05) is 24.2 Å². The third kappa shape index (κ3) is 2.41. The van der Waals surface area contributed by atoms with E-state index in [-0.39, 0.29) is 6.04 Å². The summed E-state index contributed by atoms with van der Waals surface area (Å²) in [6.07, 6.45) is 0.789. The Balaban J connectivity index is 2.97. The van der Waals surface area contributed by atoms with Crippen LogP contribution in [0.5, 0.6) is 5.75 Å². The van der Waals surface area contributed by atoms with E-state index >= 15 is 0 Å². The van der Waals surface area contributed by atoms with Crippen molar-refractivity contribution < 1.29 is 4.74 Å². The molecule has 4 heteroatoms. The lowest BCUT2D eigenvalue weighted by atomic mass is 10.1. The summed E-state index contributed by atoms with van der Waals surface area (Å²) in [6, 6.07) is 7.49. The number of nitrogens with zero attached hydrogens (tertiary/aromatic N) is 3. The lowest BCUT2D eigenvalue weighted by Crippen LogP contribution is -1.93. The standard InChI is InChI=1S/C10H13N3O/c1-3-10(12-13-11)8-5-4-6-9(7-8)14-2/h4-7,10H,3H2,1-2H3/t10-/m1/s1. The van der Waals surface area contributed by atoms with E-state index in [9.17, 15) is 0 Å². The fourth-order valence-corrected chi connectivity index (χ4v) is 1.30. The lowest BCUT2D eigenvalue weighted by molar-refractivity contribution is 0.413. The summed E-state index contributed by atoms with van der Waals surface area (Å²) in [5.74, 6) is 0.786. The Kier molecular flexibility index (Phi) is 3.83. The molecule has 0 N–H and O–H groups in total. The largest absolute Gasteiger partial charge is 0.497 e. The number of ether oxygens (including phenoxy) is 1. The van der Waals surface area contributed by atoms with Crippen molar-refractivity contribution in [3.63, 3.8) is 0 Å². The second kappa shape index (κ2) is 5.14. The number of hydrogen-bond acceptors (Lipinski definition) is 2. The van der Waals surface area contributed by atoms with Crippen molar-refractivity contribution in [2.75, 3.05) is 7.11 Å². The molecule has 0 heterocycles. The molecule has 0 radical (unpaired) electrons. The van der Waals surface area contributed by atoms with E-state index in [0.717, 1.165) is 17.7 Å². The van der Waals surface area contributed by atoms with E-state index in [0.29, 0.717) is 0 Å². The third-order valence-electron chi connectivity index (χ3n) is 2.06. The van der Waals surface area contributed by atoms with Gasteiger partial charge in [-0.25, -0.2) is 0 Å². The topological polar surface area (TPSA) is 58.0 Å². The molecule has 14 heavy (non-hydrogen) atoms. The number of hydrogen-bond donors (Lipinski definition) is 0. The van der Waals surface area contributed by atoms with Crippen LogP contribution in [0.3, 0.4) is 0 Å². The molecule has 0 bridgehead atoms. The molecule has 0 saturated heterocycles. The van der Waals surface area contributed by atoms with Gasteiger partial charge in [-0.3, -0.25) is 0 Å². The van der Waals surface area contributed by atoms with Crippen molar-refractivity contribution in [3.8, 4) is 5.75 Å². The second-order valence-corrected chi connectivity index (χ2v) is 2.91. The number of azide groups is 1. The highest BCUT2D eigenvalue weighted by Gasteiger charge is 2.06. The van der Waals surface area contributed by atoms with Crippen molar-refractivity contribution in [1.29, 1.82) is 0 Å². The van der Waals surface area contributed by atoms with Crippen molar-refractivity contribution in [2.45, 2.75) is 19.4 Å². The van der Waals surface area contributed by atoms with Gasteiger partial charge in [0, 0.05) is 4.91 Å². The van der Waals surface area contributed by atoms with Crippen LogP contribution in [0.4, 0.5) is 0 Å². The van der Waals surface area contributed by atoms with Gasteiger partial charge in [0.15, 0.2) is 0 Å². The highest BCUT2D eigenvalue weighted by molar-refractivity contribution is 5.30. The van der Waals surface area contributed by atoms with Crippen molar-refractivity contribution in [3.05, 3.63) is 40.3 Å². The normalized spacial score (nSPS) is 11.6. The van der Waals surface area contributed by atoms with Gasteiger partial charge < -0.3 is 4.74 Å². The van der Waals surface area contributed by atoms with E-state index in [2.05, 4.69) is 10.0 Å². The molecule has 0 aromatic heterocycles. The molecule has 74 valence electrons. The Hall–Kier alpha value is -1.67. The smallest absolute Gasteiger partial charge is 0.119 e. The van der Waals surface area contributed by atoms with Gasteiger partial charge in [-0.15, -0.1) is 0 Å². The van der Waals surface area contributed by atoms with Crippen molar-refractivity contribution in [1.82, 2.24) is 0 Å². The Morgan fingerprint density at radius 3 is 2.93 bits per heavy atom. The lowest BCUT2D eigenvalue weighted by Gasteiger charge is -2.09. The second-order valence-electron chi connectivity index (χ2n) is 2.91. The molecule has 4 nitrogen and oxygen atoms in total. The third-order valence-corrected chi connectivity index (χ3v) is 2.06. The highest BCUT2D eigenvalue weighted by Crippen LogP contribution is 2.24. The molecule has 1 atom stereocenters. The van der Waals surface area contributed by atoms with Crippen LogP contribution in [-0.4, -0.2) is 7.11 Å².